The summed E-state index contributed by atoms with van der Waals surface area (Å²) in [7, 11) is 0. The maximum Gasteiger partial charge on any atom is 0.573 e. The molecule has 0 spiro atoms. The molecule has 1 aliphatic heterocycles. The minimum atomic E-state index is -4.86. The number of aromatic nitrogens is 4. The van der Waals surface area contributed by atoms with Gasteiger partial charge >= 0.3 is 24.3 Å². The van der Waals surface area contributed by atoms with Gasteiger partial charge in [0.05, 0.1) is 12.6 Å². The normalized spacial score (nSPS) is 19.5. The molecule has 2 aliphatic rings. The lowest BCUT2D eigenvalue weighted by Crippen LogP contribution is -2.43. The number of hydrogen-bond donors (Lipinski definition) is 1. The van der Waals surface area contributed by atoms with Crippen LogP contribution in [0.5, 0.6) is 5.75 Å². The predicted octanol–water partition coefficient (Wildman–Crippen LogP) is 4.52. The molecule has 11 nitrogen and oxygen atoms in total. The van der Waals surface area contributed by atoms with Gasteiger partial charge in [-0.1, -0.05) is 6.07 Å². The van der Waals surface area contributed by atoms with Crippen molar-refractivity contribution >= 4 is 12.0 Å². The van der Waals surface area contributed by atoms with E-state index in [4.69, 9.17) is 9.15 Å². The van der Waals surface area contributed by atoms with Crippen LogP contribution in [0.25, 0.3) is 11.5 Å². The summed E-state index contributed by atoms with van der Waals surface area (Å²) in [5.74, 6) is -1.37. The highest BCUT2D eigenvalue weighted by Gasteiger charge is 2.39. The van der Waals surface area contributed by atoms with E-state index in [0.29, 0.717) is 13.0 Å². The minimum absolute atomic E-state index is 0.0852. The van der Waals surface area contributed by atoms with Crippen molar-refractivity contribution in [3.63, 3.8) is 0 Å². The van der Waals surface area contributed by atoms with Gasteiger partial charge in [-0.05, 0) is 69.7 Å². The fourth-order valence-electron chi connectivity index (χ4n) is 4.70. The molecule has 2 fully saturated rings. The maximum atomic E-state index is 13.0. The van der Waals surface area contributed by atoms with Crippen molar-refractivity contribution in [2.75, 3.05) is 6.54 Å². The summed E-state index contributed by atoms with van der Waals surface area (Å²) >= 11 is 0. The molecule has 1 aliphatic carbocycles. The molecule has 14 heteroatoms. The van der Waals surface area contributed by atoms with Crippen LogP contribution in [0.15, 0.2) is 41.1 Å². The van der Waals surface area contributed by atoms with Crippen molar-refractivity contribution < 1.29 is 36.7 Å². The van der Waals surface area contributed by atoms with Gasteiger partial charge in [0.1, 0.15) is 11.4 Å². The summed E-state index contributed by atoms with van der Waals surface area (Å²) in [5, 5.41) is 14.8. The van der Waals surface area contributed by atoms with E-state index < -0.39 is 35.8 Å². The first-order valence-electron chi connectivity index (χ1n) is 12.9. The largest absolute Gasteiger partial charge is 0.573 e. The number of likely N-dealkylation sites (tertiary alicyclic amines) is 1. The molecule has 1 saturated carbocycles. The Balaban J connectivity index is 1.31. The van der Waals surface area contributed by atoms with Crippen LogP contribution in [0.2, 0.25) is 0 Å². The molecule has 1 N–H and O–H groups in total. The molecule has 0 radical (unpaired) electrons. The number of benzene rings is 1. The van der Waals surface area contributed by atoms with E-state index in [1.54, 1.807) is 54.9 Å². The highest BCUT2D eigenvalue weighted by molar-refractivity contribution is 5.90. The first-order chi connectivity index (χ1) is 18.8. The smallest absolute Gasteiger partial charge is 0.444 e. The van der Waals surface area contributed by atoms with Crippen LogP contribution >= 0.6 is 0 Å². The molecule has 214 valence electrons. The fraction of sp³-hybridized carbons (Fsp3) is 0.500. The van der Waals surface area contributed by atoms with E-state index in [0.717, 1.165) is 18.4 Å². The molecule has 1 saturated heterocycles. The molecule has 1 aromatic carbocycles. The Hall–Kier alpha value is -4.10. The van der Waals surface area contributed by atoms with Crippen molar-refractivity contribution in [2.24, 2.45) is 0 Å². The quantitative estimate of drug-likeness (QED) is 0.446. The molecular formula is C26H29F3N6O5. The number of alkyl halides is 3. The molecule has 2 unspecified atom stereocenters. The fourth-order valence-corrected chi connectivity index (χ4v) is 4.70. The van der Waals surface area contributed by atoms with Gasteiger partial charge in [0.15, 0.2) is 0 Å². The highest BCUT2D eigenvalue weighted by atomic mass is 19.4. The van der Waals surface area contributed by atoms with Crippen molar-refractivity contribution in [3.8, 4) is 17.2 Å². The standard InChI is InChI=1S/C26H29F3N6O5/c1-25(2,3)40-24(37)35-13-16(11-17(35)14-34-10-4-9-30-34)31-21(36)23-33-32-22(38-23)20-12-18(39-26(27,28)29)7-8-19(20)15-5-6-15/h4,7-10,12,15-17H,5-6,11,13-14H2,1-3H3,(H,31,36). The van der Waals surface area contributed by atoms with Crippen molar-refractivity contribution in [1.82, 2.24) is 30.2 Å². The SMILES string of the molecule is CC(C)(C)OC(=O)N1CC(NC(=O)c2nnc(-c3cc(OC(F)(F)F)ccc3C3CC3)o2)CC1Cn1cccn1. The van der Waals surface area contributed by atoms with Gasteiger partial charge in [0.2, 0.25) is 5.89 Å². The Morgan fingerprint density at radius 1 is 1.18 bits per heavy atom. The first kappa shape index (κ1) is 27.5. The lowest BCUT2D eigenvalue weighted by atomic mass is 10.0. The second kappa shape index (κ2) is 10.5. The van der Waals surface area contributed by atoms with E-state index in [2.05, 4.69) is 25.3 Å². The summed E-state index contributed by atoms with van der Waals surface area (Å²) in [4.78, 5) is 27.5. The molecule has 5 rings (SSSR count). The molecule has 3 heterocycles. The zero-order valence-electron chi connectivity index (χ0n) is 22.1. The zero-order chi connectivity index (χ0) is 28.7. The van der Waals surface area contributed by atoms with Crippen LogP contribution in [0.4, 0.5) is 18.0 Å². The summed E-state index contributed by atoms with van der Waals surface area (Å²) < 4.78 is 55.3. The zero-order valence-corrected chi connectivity index (χ0v) is 22.1. The van der Waals surface area contributed by atoms with Crippen LogP contribution in [-0.2, 0) is 11.3 Å². The summed E-state index contributed by atoms with van der Waals surface area (Å²) in [6, 6.07) is 5.01. The number of nitrogens with zero attached hydrogens (tertiary/aromatic N) is 5. The average molecular weight is 563 g/mol. The monoisotopic (exact) mass is 562 g/mol. The summed E-state index contributed by atoms with van der Waals surface area (Å²) in [5.41, 5.74) is 0.332. The Morgan fingerprint density at radius 2 is 1.95 bits per heavy atom. The molecule has 2 aromatic heterocycles. The summed E-state index contributed by atoms with van der Waals surface area (Å²) in [6.45, 7) is 5.92. The van der Waals surface area contributed by atoms with Crippen LogP contribution < -0.4 is 10.1 Å². The Morgan fingerprint density at radius 3 is 2.60 bits per heavy atom. The Labute approximate surface area is 227 Å². The van der Waals surface area contributed by atoms with Crippen molar-refractivity contribution in [1.29, 1.82) is 0 Å². The molecule has 0 bridgehead atoms. The van der Waals surface area contributed by atoms with Crippen molar-refractivity contribution in [2.45, 2.75) is 76.5 Å². The van der Waals surface area contributed by atoms with Crippen LogP contribution in [0.1, 0.15) is 62.2 Å². The minimum Gasteiger partial charge on any atom is -0.444 e. The Kier molecular flexibility index (Phi) is 7.19. The van der Waals surface area contributed by atoms with E-state index in [-0.39, 0.29) is 35.8 Å². The number of carbonyl (C=O) groups excluding carboxylic acids is 2. The van der Waals surface area contributed by atoms with Crippen molar-refractivity contribution in [3.05, 3.63) is 48.1 Å². The number of halogens is 3. The number of hydrogen-bond acceptors (Lipinski definition) is 8. The molecule has 2 amide bonds. The van der Waals surface area contributed by atoms with Gasteiger partial charge in [-0.2, -0.15) is 5.10 Å². The number of amides is 2. The predicted molar refractivity (Wildman–Crippen MR) is 133 cm³/mol. The van der Waals surface area contributed by atoms with Crippen LogP contribution in [0.3, 0.4) is 0 Å². The third kappa shape index (κ3) is 6.72. The second-order valence-corrected chi connectivity index (χ2v) is 10.9. The van der Waals surface area contributed by atoms with Crippen LogP contribution in [0, 0.1) is 0 Å². The molecule has 3 aromatic rings. The van der Waals surface area contributed by atoms with E-state index in [1.165, 1.54) is 12.1 Å². The van der Waals surface area contributed by atoms with Gasteiger partial charge in [0, 0.05) is 30.5 Å². The van der Waals surface area contributed by atoms with E-state index in [9.17, 15) is 22.8 Å². The number of carbonyl (C=O) groups is 2. The lowest BCUT2D eigenvalue weighted by Gasteiger charge is -2.28. The first-order valence-corrected chi connectivity index (χ1v) is 12.9. The average Bonchev–Trinajstić information content (AvgIpc) is 3.21. The maximum absolute atomic E-state index is 13.0. The van der Waals surface area contributed by atoms with Gasteiger partial charge in [0.25, 0.3) is 0 Å². The number of ether oxygens (including phenoxy) is 2. The van der Waals surface area contributed by atoms with Crippen LogP contribution in [-0.4, -0.2) is 67.5 Å². The summed E-state index contributed by atoms with van der Waals surface area (Å²) in [6.07, 6.45) is 0.237. The van der Waals surface area contributed by atoms with Gasteiger partial charge in [-0.3, -0.25) is 9.48 Å². The third-order valence-electron chi connectivity index (χ3n) is 6.46. The van der Waals surface area contributed by atoms with E-state index in [1.807, 2.05) is 0 Å². The molecule has 2 atom stereocenters. The lowest BCUT2D eigenvalue weighted by molar-refractivity contribution is -0.274. The molecule has 40 heavy (non-hydrogen) atoms. The van der Waals surface area contributed by atoms with Gasteiger partial charge in [-0.15, -0.1) is 23.4 Å². The highest BCUT2D eigenvalue weighted by Crippen LogP contribution is 2.45. The third-order valence-corrected chi connectivity index (χ3v) is 6.46. The second-order valence-electron chi connectivity index (χ2n) is 10.9. The van der Waals surface area contributed by atoms with E-state index >= 15 is 0 Å². The topological polar surface area (TPSA) is 125 Å². The Bertz CT molecular complexity index is 1360. The number of rotatable bonds is 7. The molecular weight excluding hydrogens is 533 g/mol. The van der Waals surface area contributed by atoms with Gasteiger partial charge < -0.3 is 24.1 Å². The van der Waals surface area contributed by atoms with Gasteiger partial charge in [-0.25, -0.2) is 4.79 Å². The number of nitrogens with one attached hydrogen (secondary N) is 1.